The summed E-state index contributed by atoms with van der Waals surface area (Å²) in [5.41, 5.74) is 12.3. The zero-order chi connectivity index (χ0) is 14.5. The minimum atomic E-state index is -0.584. The molecule has 0 saturated carbocycles. The van der Waals surface area contributed by atoms with Gasteiger partial charge in [-0.1, -0.05) is 6.07 Å². The molecule has 0 aliphatic rings. The lowest BCUT2D eigenvalue weighted by Gasteiger charge is -2.08. The molecule has 2 heterocycles. The second-order valence-electron chi connectivity index (χ2n) is 4.08. The molecule has 0 radical (unpaired) electrons. The largest absolute Gasteiger partial charge is 0.481 e. The maximum absolute atomic E-state index is 11.2. The minimum Gasteiger partial charge on any atom is -0.481 e. The lowest BCUT2D eigenvalue weighted by molar-refractivity contribution is 0.100. The predicted molar refractivity (Wildman–Crippen MR) is 75.3 cm³/mol. The zero-order valence-electron chi connectivity index (χ0n) is 11.0. The Balaban J connectivity index is 2.06. The monoisotopic (exact) mass is 273 g/mol. The number of ether oxygens (including phenoxy) is 1. The van der Waals surface area contributed by atoms with Gasteiger partial charge < -0.3 is 21.5 Å². The van der Waals surface area contributed by atoms with E-state index in [9.17, 15) is 4.79 Å². The number of nitrogens with two attached hydrogens (primary N) is 2. The highest BCUT2D eigenvalue weighted by molar-refractivity contribution is 5.98. The van der Waals surface area contributed by atoms with Crippen molar-refractivity contribution in [1.82, 2.24) is 9.97 Å². The normalized spacial score (nSPS) is 10.1. The van der Waals surface area contributed by atoms with Crippen LogP contribution in [-0.2, 0) is 6.54 Å². The molecule has 104 valence electrons. The lowest BCUT2D eigenvalue weighted by atomic mass is 10.2. The standard InChI is InChI=1S/C13H15N5O2/c1-20-12-3-2-8(6-18-12)5-16-11-4-9(13(15)19)10(14)7-17-11/h2-4,6-7H,5,14H2,1H3,(H2,15,19)(H,16,17). The van der Waals surface area contributed by atoms with Crippen molar-refractivity contribution < 1.29 is 9.53 Å². The molecule has 0 aliphatic carbocycles. The maximum Gasteiger partial charge on any atom is 0.250 e. The summed E-state index contributed by atoms with van der Waals surface area (Å²) in [6.45, 7) is 0.506. The topological polar surface area (TPSA) is 116 Å². The second kappa shape index (κ2) is 5.87. The van der Waals surface area contributed by atoms with Crippen molar-refractivity contribution in [3.8, 4) is 5.88 Å². The van der Waals surface area contributed by atoms with Gasteiger partial charge in [0.1, 0.15) is 5.82 Å². The van der Waals surface area contributed by atoms with Crippen molar-refractivity contribution >= 4 is 17.4 Å². The fourth-order valence-corrected chi connectivity index (χ4v) is 1.60. The summed E-state index contributed by atoms with van der Waals surface area (Å²) in [4.78, 5) is 19.4. The van der Waals surface area contributed by atoms with Crippen LogP contribution in [0.4, 0.5) is 11.5 Å². The summed E-state index contributed by atoms with van der Waals surface area (Å²) in [6, 6.07) is 5.17. The van der Waals surface area contributed by atoms with Crippen molar-refractivity contribution in [2.75, 3.05) is 18.2 Å². The SMILES string of the molecule is COc1ccc(CNc2cc(C(N)=O)c(N)cn2)cn1. The fourth-order valence-electron chi connectivity index (χ4n) is 1.60. The van der Waals surface area contributed by atoms with Gasteiger partial charge in [-0.3, -0.25) is 4.79 Å². The first-order chi connectivity index (χ1) is 9.60. The number of nitrogen functional groups attached to an aromatic ring is 1. The first kappa shape index (κ1) is 13.6. The van der Waals surface area contributed by atoms with Crippen LogP contribution in [0.5, 0.6) is 5.88 Å². The highest BCUT2D eigenvalue weighted by atomic mass is 16.5. The molecule has 2 aromatic heterocycles. The van der Waals surface area contributed by atoms with Crippen LogP contribution in [0.1, 0.15) is 15.9 Å². The van der Waals surface area contributed by atoms with E-state index in [1.807, 2.05) is 6.07 Å². The molecule has 0 atom stereocenters. The van der Waals surface area contributed by atoms with Crippen LogP contribution in [0, 0.1) is 0 Å². The molecule has 0 aliphatic heterocycles. The first-order valence-corrected chi connectivity index (χ1v) is 5.88. The van der Waals surface area contributed by atoms with Crippen LogP contribution < -0.4 is 21.5 Å². The average Bonchev–Trinajstić information content (AvgIpc) is 2.46. The van der Waals surface area contributed by atoms with E-state index in [-0.39, 0.29) is 11.3 Å². The highest BCUT2D eigenvalue weighted by Gasteiger charge is 2.07. The molecule has 20 heavy (non-hydrogen) atoms. The van der Waals surface area contributed by atoms with Crippen LogP contribution in [0.2, 0.25) is 0 Å². The molecule has 0 aromatic carbocycles. The van der Waals surface area contributed by atoms with Crippen LogP contribution in [0.25, 0.3) is 0 Å². The van der Waals surface area contributed by atoms with Gasteiger partial charge in [0.25, 0.3) is 5.91 Å². The molecule has 2 aromatic rings. The van der Waals surface area contributed by atoms with Crippen molar-refractivity contribution in [2.24, 2.45) is 5.73 Å². The summed E-state index contributed by atoms with van der Waals surface area (Å²) >= 11 is 0. The molecule has 5 N–H and O–H groups in total. The summed E-state index contributed by atoms with van der Waals surface area (Å²) in [6.07, 6.45) is 3.09. The van der Waals surface area contributed by atoms with E-state index in [1.165, 1.54) is 12.3 Å². The summed E-state index contributed by atoms with van der Waals surface area (Å²) in [7, 11) is 1.56. The second-order valence-corrected chi connectivity index (χ2v) is 4.08. The van der Waals surface area contributed by atoms with Gasteiger partial charge in [0.05, 0.1) is 24.6 Å². The zero-order valence-corrected chi connectivity index (χ0v) is 11.0. The van der Waals surface area contributed by atoms with Crippen molar-refractivity contribution in [3.05, 3.63) is 41.7 Å². The Hall–Kier alpha value is -2.83. The molecule has 0 saturated heterocycles. The number of aromatic nitrogens is 2. The van der Waals surface area contributed by atoms with E-state index in [1.54, 1.807) is 19.4 Å². The molecule has 0 bridgehead atoms. The Morgan fingerprint density at radius 1 is 1.35 bits per heavy atom. The molecule has 7 nitrogen and oxygen atoms in total. The van der Waals surface area contributed by atoms with Crippen LogP contribution >= 0.6 is 0 Å². The van der Waals surface area contributed by atoms with Gasteiger partial charge >= 0.3 is 0 Å². The van der Waals surface area contributed by atoms with E-state index in [0.29, 0.717) is 18.2 Å². The number of nitrogens with one attached hydrogen (secondary N) is 1. The Labute approximate surface area is 116 Å². The Morgan fingerprint density at radius 3 is 2.75 bits per heavy atom. The van der Waals surface area contributed by atoms with Gasteiger partial charge in [-0.25, -0.2) is 9.97 Å². The smallest absolute Gasteiger partial charge is 0.250 e. The predicted octanol–water partition coefficient (Wildman–Crippen LogP) is 0.778. The number of carbonyl (C=O) groups is 1. The molecule has 0 unspecified atom stereocenters. The molecule has 2 rings (SSSR count). The third kappa shape index (κ3) is 3.14. The highest BCUT2D eigenvalue weighted by Crippen LogP contribution is 2.15. The molecular formula is C13H15N5O2. The van der Waals surface area contributed by atoms with E-state index >= 15 is 0 Å². The van der Waals surface area contributed by atoms with Crippen molar-refractivity contribution in [2.45, 2.75) is 6.54 Å². The number of primary amides is 1. The quantitative estimate of drug-likeness (QED) is 0.741. The fraction of sp³-hybridized carbons (Fsp3) is 0.154. The van der Waals surface area contributed by atoms with Crippen molar-refractivity contribution in [3.63, 3.8) is 0 Å². The number of anilines is 2. The number of hydrogen-bond acceptors (Lipinski definition) is 6. The number of carbonyl (C=O) groups excluding carboxylic acids is 1. The summed E-state index contributed by atoms with van der Waals surface area (Å²) in [5, 5.41) is 3.07. The molecule has 1 amide bonds. The minimum absolute atomic E-state index is 0.246. The van der Waals surface area contributed by atoms with E-state index in [4.69, 9.17) is 16.2 Å². The summed E-state index contributed by atoms with van der Waals surface area (Å²) in [5.74, 6) is 0.484. The van der Waals surface area contributed by atoms with E-state index < -0.39 is 5.91 Å². The van der Waals surface area contributed by atoms with E-state index in [2.05, 4.69) is 15.3 Å². The van der Waals surface area contributed by atoms with Crippen LogP contribution in [0.15, 0.2) is 30.6 Å². The summed E-state index contributed by atoms with van der Waals surface area (Å²) < 4.78 is 4.98. The van der Waals surface area contributed by atoms with Gasteiger partial charge in [-0.2, -0.15) is 0 Å². The van der Waals surface area contributed by atoms with E-state index in [0.717, 1.165) is 5.56 Å². The van der Waals surface area contributed by atoms with Gasteiger partial charge in [0.2, 0.25) is 5.88 Å². The van der Waals surface area contributed by atoms with Gasteiger partial charge in [-0.15, -0.1) is 0 Å². The number of methoxy groups -OCH3 is 1. The van der Waals surface area contributed by atoms with Gasteiger partial charge in [-0.05, 0) is 11.6 Å². The molecule has 7 heteroatoms. The van der Waals surface area contributed by atoms with Crippen LogP contribution in [-0.4, -0.2) is 23.0 Å². The average molecular weight is 273 g/mol. The number of amides is 1. The molecule has 0 spiro atoms. The number of nitrogens with zero attached hydrogens (tertiary/aromatic N) is 2. The lowest BCUT2D eigenvalue weighted by Crippen LogP contribution is -2.14. The Bertz CT molecular complexity index is 613. The molecule has 0 fully saturated rings. The number of pyridine rings is 2. The third-order valence-electron chi connectivity index (χ3n) is 2.68. The first-order valence-electron chi connectivity index (χ1n) is 5.88. The van der Waals surface area contributed by atoms with Gasteiger partial charge in [0, 0.05) is 18.8 Å². The third-order valence-corrected chi connectivity index (χ3v) is 2.68. The maximum atomic E-state index is 11.2. The number of hydrogen-bond donors (Lipinski definition) is 3. The Kier molecular flexibility index (Phi) is 3.99. The molecular weight excluding hydrogens is 258 g/mol. The number of rotatable bonds is 5. The Morgan fingerprint density at radius 2 is 2.15 bits per heavy atom. The van der Waals surface area contributed by atoms with Crippen LogP contribution in [0.3, 0.4) is 0 Å². The van der Waals surface area contributed by atoms with Crippen molar-refractivity contribution in [1.29, 1.82) is 0 Å². The van der Waals surface area contributed by atoms with Gasteiger partial charge in [0.15, 0.2) is 0 Å².